The molecule has 1 atom stereocenters. The number of aryl methyl sites for hydroxylation is 1. The van der Waals surface area contributed by atoms with Crippen LogP contribution >= 0.6 is 11.6 Å². The number of aromatic nitrogens is 2. The minimum Gasteiger partial charge on any atom is -0.378 e. The summed E-state index contributed by atoms with van der Waals surface area (Å²) in [6, 6.07) is 7.84. The molecule has 0 bridgehead atoms. The Kier molecular flexibility index (Phi) is 4.72. The van der Waals surface area contributed by atoms with Crippen LogP contribution in [-0.4, -0.2) is 21.0 Å². The lowest BCUT2D eigenvalue weighted by Crippen LogP contribution is -2.30. The Hall–Kier alpha value is -2.18. The quantitative estimate of drug-likeness (QED) is 0.787. The van der Waals surface area contributed by atoms with Crippen molar-refractivity contribution in [2.75, 3.05) is 0 Å². The first-order chi connectivity index (χ1) is 9.97. The molecule has 0 saturated heterocycles. The number of carbonyl (C=O) groups is 1. The lowest BCUT2D eigenvalue weighted by Gasteiger charge is -2.12. The molecule has 0 aliphatic rings. The Morgan fingerprint density at radius 2 is 2.19 bits per heavy atom. The van der Waals surface area contributed by atoms with Crippen molar-refractivity contribution in [3.05, 3.63) is 62.8 Å². The minimum atomic E-state index is -1.37. The number of hydrogen-bond acceptors (Lipinski definition) is 4. The summed E-state index contributed by atoms with van der Waals surface area (Å²) in [5.41, 5.74) is 0.445. The van der Waals surface area contributed by atoms with E-state index in [0.717, 1.165) is 0 Å². The van der Waals surface area contributed by atoms with E-state index in [9.17, 15) is 14.7 Å². The number of hydrogen-bond donors (Lipinski definition) is 3. The average Bonchev–Trinajstić information content (AvgIpc) is 2.43. The molecule has 0 saturated carbocycles. The fourth-order valence-corrected chi connectivity index (χ4v) is 2.08. The maximum Gasteiger partial charge on any atom is 0.253 e. The van der Waals surface area contributed by atoms with Crippen molar-refractivity contribution in [3.63, 3.8) is 0 Å². The minimum absolute atomic E-state index is 0.0467. The number of carbonyl (C=O) groups excluding carboxylic acids is 1. The Bertz CT molecular complexity index is 715. The van der Waals surface area contributed by atoms with Gasteiger partial charge in [-0.05, 0) is 13.0 Å². The van der Waals surface area contributed by atoms with Crippen molar-refractivity contribution in [1.29, 1.82) is 0 Å². The number of halogens is 1. The summed E-state index contributed by atoms with van der Waals surface area (Å²) < 4.78 is 0. The summed E-state index contributed by atoms with van der Waals surface area (Å²) in [6.07, 6.45) is -1.37. The number of aromatic amines is 1. The number of aliphatic hydroxyl groups excluding tert-OH is 1. The van der Waals surface area contributed by atoms with E-state index in [1.807, 2.05) is 0 Å². The van der Waals surface area contributed by atoms with Crippen LogP contribution in [-0.2, 0) is 11.3 Å². The molecule has 3 N–H and O–H groups in total. The molecular formula is C14H14ClN3O3. The van der Waals surface area contributed by atoms with Gasteiger partial charge in [0.25, 0.3) is 11.5 Å². The number of nitrogens with one attached hydrogen (secondary N) is 2. The number of nitrogens with zero attached hydrogens (tertiary/aromatic N) is 1. The van der Waals surface area contributed by atoms with Crippen LogP contribution in [0.15, 0.2) is 35.1 Å². The summed E-state index contributed by atoms with van der Waals surface area (Å²) in [4.78, 5) is 29.8. The van der Waals surface area contributed by atoms with E-state index in [1.54, 1.807) is 31.2 Å². The van der Waals surface area contributed by atoms with E-state index in [-0.39, 0.29) is 12.1 Å². The first kappa shape index (κ1) is 15.2. The second kappa shape index (κ2) is 6.51. The van der Waals surface area contributed by atoms with Crippen LogP contribution in [0, 0.1) is 6.92 Å². The van der Waals surface area contributed by atoms with Crippen LogP contribution in [0.5, 0.6) is 0 Å². The van der Waals surface area contributed by atoms with Crippen LogP contribution < -0.4 is 10.9 Å². The highest BCUT2D eigenvalue weighted by Crippen LogP contribution is 2.22. The highest BCUT2D eigenvalue weighted by molar-refractivity contribution is 6.31. The molecule has 2 aromatic rings. The van der Waals surface area contributed by atoms with E-state index < -0.39 is 12.0 Å². The third-order valence-electron chi connectivity index (χ3n) is 2.81. The number of H-pyrrole nitrogens is 1. The van der Waals surface area contributed by atoms with Gasteiger partial charge in [-0.1, -0.05) is 29.8 Å². The molecule has 0 fully saturated rings. The third-order valence-corrected chi connectivity index (χ3v) is 3.15. The standard InChI is InChI=1S/C14H14ClN3O3/c1-8-17-9(6-12(19)18-8)7-16-14(21)13(20)10-4-2-3-5-11(10)15/h2-6,13,20H,7H2,1H3,(H,16,21)(H,17,18,19)/t13-/m0/s1. The van der Waals surface area contributed by atoms with E-state index in [2.05, 4.69) is 15.3 Å². The van der Waals surface area contributed by atoms with Gasteiger partial charge >= 0.3 is 0 Å². The van der Waals surface area contributed by atoms with Gasteiger partial charge in [0.2, 0.25) is 0 Å². The van der Waals surface area contributed by atoms with E-state index in [1.165, 1.54) is 6.07 Å². The smallest absolute Gasteiger partial charge is 0.253 e. The second-order valence-corrected chi connectivity index (χ2v) is 4.87. The van der Waals surface area contributed by atoms with Crippen LogP contribution in [0.1, 0.15) is 23.2 Å². The van der Waals surface area contributed by atoms with Gasteiger partial charge in [0, 0.05) is 16.7 Å². The van der Waals surface area contributed by atoms with Crippen molar-refractivity contribution < 1.29 is 9.90 Å². The van der Waals surface area contributed by atoms with Gasteiger partial charge in [-0.15, -0.1) is 0 Å². The summed E-state index contributed by atoms with van der Waals surface area (Å²) >= 11 is 5.92. The molecular weight excluding hydrogens is 294 g/mol. The Morgan fingerprint density at radius 1 is 1.48 bits per heavy atom. The highest BCUT2D eigenvalue weighted by atomic mass is 35.5. The zero-order valence-corrected chi connectivity index (χ0v) is 12.0. The van der Waals surface area contributed by atoms with Crippen LogP contribution in [0.25, 0.3) is 0 Å². The van der Waals surface area contributed by atoms with Gasteiger partial charge in [-0.25, -0.2) is 4.98 Å². The zero-order valence-electron chi connectivity index (χ0n) is 11.3. The molecule has 1 amide bonds. The maximum absolute atomic E-state index is 11.9. The fraction of sp³-hybridized carbons (Fsp3) is 0.214. The van der Waals surface area contributed by atoms with Gasteiger partial charge in [-0.2, -0.15) is 0 Å². The van der Waals surface area contributed by atoms with E-state index in [0.29, 0.717) is 22.1 Å². The molecule has 7 heteroatoms. The predicted molar refractivity (Wildman–Crippen MR) is 77.9 cm³/mol. The average molecular weight is 308 g/mol. The third kappa shape index (κ3) is 3.90. The number of rotatable bonds is 4. The molecule has 2 rings (SSSR count). The normalized spacial score (nSPS) is 12.0. The van der Waals surface area contributed by atoms with Gasteiger partial charge < -0.3 is 15.4 Å². The van der Waals surface area contributed by atoms with Gasteiger partial charge in [-0.3, -0.25) is 9.59 Å². The van der Waals surface area contributed by atoms with Crippen molar-refractivity contribution in [2.24, 2.45) is 0 Å². The molecule has 110 valence electrons. The predicted octanol–water partition coefficient (Wildman–Crippen LogP) is 1.08. The number of benzene rings is 1. The first-order valence-electron chi connectivity index (χ1n) is 6.24. The second-order valence-electron chi connectivity index (χ2n) is 4.46. The molecule has 0 unspecified atom stereocenters. The Balaban J connectivity index is 2.05. The number of amides is 1. The molecule has 1 aromatic heterocycles. The van der Waals surface area contributed by atoms with Gasteiger partial charge in [0.1, 0.15) is 5.82 Å². The SMILES string of the molecule is Cc1nc(CNC(=O)[C@@H](O)c2ccccc2Cl)cc(=O)[nH]1. The maximum atomic E-state index is 11.9. The van der Waals surface area contributed by atoms with E-state index in [4.69, 9.17) is 11.6 Å². The largest absolute Gasteiger partial charge is 0.378 e. The van der Waals surface area contributed by atoms with Crippen LogP contribution in [0.3, 0.4) is 0 Å². The molecule has 6 nitrogen and oxygen atoms in total. The topological polar surface area (TPSA) is 95.1 Å². The Morgan fingerprint density at radius 3 is 2.86 bits per heavy atom. The molecule has 0 aliphatic heterocycles. The molecule has 21 heavy (non-hydrogen) atoms. The summed E-state index contributed by atoms with van der Waals surface area (Å²) in [6.45, 7) is 1.69. The zero-order chi connectivity index (χ0) is 15.4. The molecule has 1 aromatic carbocycles. The monoisotopic (exact) mass is 307 g/mol. The lowest BCUT2D eigenvalue weighted by molar-refractivity contribution is -0.129. The Labute approximate surface area is 125 Å². The summed E-state index contributed by atoms with van der Waals surface area (Å²) in [5.74, 6) is -0.152. The van der Waals surface area contributed by atoms with Crippen molar-refractivity contribution in [2.45, 2.75) is 19.6 Å². The van der Waals surface area contributed by atoms with Crippen molar-refractivity contribution in [1.82, 2.24) is 15.3 Å². The molecule has 0 aliphatic carbocycles. The van der Waals surface area contributed by atoms with Gasteiger partial charge in [0.05, 0.1) is 12.2 Å². The fourth-order valence-electron chi connectivity index (χ4n) is 1.84. The molecule has 1 heterocycles. The molecule has 0 radical (unpaired) electrons. The van der Waals surface area contributed by atoms with E-state index >= 15 is 0 Å². The molecule has 0 spiro atoms. The van der Waals surface area contributed by atoms with Crippen molar-refractivity contribution in [3.8, 4) is 0 Å². The first-order valence-corrected chi connectivity index (χ1v) is 6.62. The lowest BCUT2D eigenvalue weighted by atomic mass is 10.1. The summed E-state index contributed by atoms with van der Waals surface area (Å²) in [5, 5.41) is 12.8. The summed E-state index contributed by atoms with van der Waals surface area (Å²) in [7, 11) is 0. The van der Waals surface area contributed by atoms with Crippen LogP contribution in [0.2, 0.25) is 5.02 Å². The van der Waals surface area contributed by atoms with Crippen molar-refractivity contribution >= 4 is 17.5 Å². The van der Waals surface area contributed by atoms with Crippen LogP contribution in [0.4, 0.5) is 0 Å². The highest BCUT2D eigenvalue weighted by Gasteiger charge is 2.19. The van der Waals surface area contributed by atoms with Gasteiger partial charge in [0.15, 0.2) is 6.10 Å². The number of aliphatic hydroxyl groups is 1.